The molecular weight excluding hydrogens is 450 g/mol. The van der Waals surface area contributed by atoms with E-state index in [0.29, 0.717) is 0 Å². The number of nitrogens with zero attached hydrogens (tertiary/aromatic N) is 3. The van der Waals surface area contributed by atoms with Crippen molar-refractivity contribution >= 4 is 41.4 Å². The molecule has 0 spiro atoms. The van der Waals surface area contributed by atoms with Gasteiger partial charge in [-0.25, -0.2) is 4.79 Å². The molecule has 184 valence electrons. The van der Waals surface area contributed by atoms with Gasteiger partial charge in [0.15, 0.2) is 6.54 Å². The lowest BCUT2D eigenvalue weighted by molar-refractivity contribution is -0.900. The Bertz CT molecular complexity index is 841. The zero-order chi connectivity index (χ0) is 25.3. The number of rotatable bonds is 14. The Morgan fingerprint density at radius 3 is 1.44 bits per heavy atom. The van der Waals surface area contributed by atoms with Crippen LogP contribution in [0.3, 0.4) is 0 Å². The third kappa shape index (κ3) is 7.92. The van der Waals surface area contributed by atoms with Gasteiger partial charge in [0.05, 0.1) is 33.2 Å². The first kappa shape index (κ1) is 26.4. The van der Waals surface area contributed by atoms with Gasteiger partial charge in [0.1, 0.15) is 0 Å². The molecule has 6 amide bonds. The third-order valence-corrected chi connectivity index (χ3v) is 5.39. The molecule has 0 aromatic heterocycles. The van der Waals surface area contributed by atoms with Gasteiger partial charge in [-0.2, -0.15) is 0 Å². The summed E-state index contributed by atoms with van der Waals surface area (Å²) in [6.07, 6.45) is 4.39. The van der Waals surface area contributed by atoms with E-state index in [-0.39, 0.29) is 75.0 Å². The minimum atomic E-state index is -1.04. The summed E-state index contributed by atoms with van der Waals surface area (Å²) in [5.41, 5.74) is 0. The number of carbonyl (C=O) groups excluding carboxylic acids is 6. The van der Waals surface area contributed by atoms with Crippen LogP contribution in [0, 0.1) is 0 Å². The smallest absolute Gasteiger partial charge is 0.359 e. The summed E-state index contributed by atoms with van der Waals surface area (Å²) in [5, 5.41) is 14.5. The highest BCUT2D eigenvalue weighted by molar-refractivity contribution is 6.13. The van der Waals surface area contributed by atoms with Crippen LogP contribution in [-0.2, 0) is 33.6 Å². The SMILES string of the molecule is C[N+](CCNC(=O)CCN1C(=O)C=CC1=O)(CCNC(=O)CCN1C(=O)C=CC1=O)CC(=O)O. The summed E-state index contributed by atoms with van der Waals surface area (Å²) < 4.78 is 0.0237. The van der Waals surface area contributed by atoms with E-state index in [1.807, 2.05) is 0 Å². The van der Waals surface area contributed by atoms with Crippen LogP contribution >= 0.6 is 0 Å². The van der Waals surface area contributed by atoms with E-state index < -0.39 is 29.6 Å². The van der Waals surface area contributed by atoms with Crippen molar-refractivity contribution in [3.63, 3.8) is 0 Å². The number of likely N-dealkylation sites (N-methyl/N-ethyl adjacent to an activating group) is 1. The molecule has 0 aliphatic carbocycles. The molecule has 0 bridgehead atoms. The second-order valence-electron chi connectivity index (χ2n) is 8.14. The standard InChI is InChI=1S/C21H27N5O8/c1-26(14-21(33)34,12-8-22-15(27)6-10-24-17(29)2-3-18(24)30)13-9-23-16(28)7-11-25-19(31)4-5-20(25)32/h2-5H,6-14H2,1H3,(H2-,22,23,27,28,33,34)/p+1. The molecule has 0 unspecified atom stereocenters. The molecule has 0 fully saturated rings. The van der Waals surface area contributed by atoms with Gasteiger partial charge in [-0.15, -0.1) is 0 Å². The lowest BCUT2D eigenvalue weighted by Gasteiger charge is -2.33. The van der Waals surface area contributed by atoms with Crippen molar-refractivity contribution in [1.29, 1.82) is 0 Å². The van der Waals surface area contributed by atoms with Crippen LogP contribution in [0.1, 0.15) is 12.8 Å². The number of nitrogens with one attached hydrogen (secondary N) is 2. The fraction of sp³-hybridized carbons (Fsp3) is 0.476. The van der Waals surface area contributed by atoms with Crippen LogP contribution in [0.15, 0.2) is 24.3 Å². The molecular formula is C21H28N5O8+. The fourth-order valence-corrected chi connectivity index (χ4v) is 3.43. The van der Waals surface area contributed by atoms with E-state index in [1.54, 1.807) is 7.05 Å². The van der Waals surface area contributed by atoms with Crippen LogP contribution in [0.5, 0.6) is 0 Å². The van der Waals surface area contributed by atoms with Gasteiger partial charge in [-0.05, 0) is 0 Å². The van der Waals surface area contributed by atoms with Crippen molar-refractivity contribution in [2.24, 2.45) is 0 Å². The summed E-state index contributed by atoms with van der Waals surface area (Å²) in [6, 6.07) is 0. The van der Waals surface area contributed by atoms with Gasteiger partial charge in [0, 0.05) is 50.2 Å². The van der Waals surface area contributed by atoms with Crippen LogP contribution in [0.4, 0.5) is 0 Å². The topological polar surface area (TPSA) is 170 Å². The molecule has 0 aromatic carbocycles. The number of aliphatic carboxylic acids is 1. The van der Waals surface area contributed by atoms with Gasteiger partial charge in [-0.3, -0.25) is 38.6 Å². The minimum absolute atomic E-state index is 0.0237. The monoisotopic (exact) mass is 478 g/mol. The molecule has 13 nitrogen and oxygen atoms in total. The summed E-state index contributed by atoms with van der Waals surface area (Å²) >= 11 is 0. The Morgan fingerprint density at radius 1 is 0.765 bits per heavy atom. The van der Waals surface area contributed by atoms with Gasteiger partial charge in [0.25, 0.3) is 23.6 Å². The summed E-state index contributed by atoms with van der Waals surface area (Å²) in [4.78, 5) is 83.2. The third-order valence-electron chi connectivity index (χ3n) is 5.39. The number of hydrogen-bond donors (Lipinski definition) is 3. The molecule has 2 heterocycles. The van der Waals surface area contributed by atoms with Crippen molar-refractivity contribution < 1.29 is 43.2 Å². The van der Waals surface area contributed by atoms with E-state index in [1.165, 1.54) is 0 Å². The van der Waals surface area contributed by atoms with Crippen molar-refractivity contribution in [2.75, 3.05) is 52.9 Å². The van der Waals surface area contributed by atoms with E-state index in [0.717, 1.165) is 34.1 Å². The van der Waals surface area contributed by atoms with Crippen molar-refractivity contribution in [1.82, 2.24) is 20.4 Å². The molecule has 0 atom stereocenters. The van der Waals surface area contributed by atoms with E-state index >= 15 is 0 Å². The van der Waals surface area contributed by atoms with E-state index in [4.69, 9.17) is 0 Å². The van der Waals surface area contributed by atoms with E-state index in [2.05, 4.69) is 10.6 Å². The Hall–Kier alpha value is -3.87. The van der Waals surface area contributed by atoms with Gasteiger partial charge < -0.3 is 20.2 Å². The summed E-state index contributed by atoms with van der Waals surface area (Å²) in [6.45, 7) is 0.504. The zero-order valence-corrected chi connectivity index (χ0v) is 18.8. The minimum Gasteiger partial charge on any atom is -0.477 e. The lowest BCUT2D eigenvalue weighted by atomic mass is 10.3. The largest absolute Gasteiger partial charge is 0.477 e. The first-order valence-electron chi connectivity index (χ1n) is 10.7. The maximum Gasteiger partial charge on any atom is 0.359 e. The second-order valence-corrected chi connectivity index (χ2v) is 8.14. The Morgan fingerprint density at radius 2 is 1.12 bits per heavy atom. The molecule has 2 rings (SSSR count). The Balaban J connectivity index is 1.71. The molecule has 34 heavy (non-hydrogen) atoms. The average molecular weight is 478 g/mol. The molecule has 2 aliphatic rings. The number of amides is 6. The first-order chi connectivity index (χ1) is 16.0. The fourth-order valence-electron chi connectivity index (χ4n) is 3.43. The van der Waals surface area contributed by atoms with Crippen LogP contribution in [0.25, 0.3) is 0 Å². The van der Waals surface area contributed by atoms with E-state index in [9.17, 15) is 38.7 Å². The van der Waals surface area contributed by atoms with Gasteiger partial charge in [-0.1, -0.05) is 0 Å². The Labute approximate surface area is 195 Å². The van der Waals surface area contributed by atoms with Gasteiger partial charge >= 0.3 is 5.97 Å². The highest BCUT2D eigenvalue weighted by atomic mass is 16.4. The first-order valence-corrected chi connectivity index (χ1v) is 10.7. The molecule has 0 aromatic rings. The molecule has 2 aliphatic heterocycles. The molecule has 0 saturated heterocycles. The molecule has 3 N–H and O–H groups in total. The molecule has 13 heteroatoms. The number of quaternary nitrogens is 1. The van der Waals surface area contributed by atoms with Crippen LogP contribution < -0.4 is 10.6 Å². The zero-order valence-electron chi connectivity index (χ0n) is 18.8. The highest BCUT2D eigenvalue weighted by Gasteiger charge is 2.27. The molecule has 0 radical (unpaired) electrons. The van der Waals surface area contributed by atoms with Crippen molar-refractivity contribution in [3.8, 4) is 0 Å². The number of hydrogen-bond acceptors (Lipinski definition) is 7. The van der Waals surface area contributed by atoms with Crippen LogP contribution in [0.2, 0.25) is 0 Å². The Kier molecular flexibility index (Phi) is 9.18. The predicted octanol–water partition coefficient (Wildman–Crippen LogP) is -2.62. The normalized spacial score (nSPS) is 15.4. The highest BCUT2D eigenvalue weighted by Crippen LogP contribution is 2.06. The number of carboxylic acids is 1. The maximum atomic E-state index is 12.0. The maximum absolute atomic E-state index is 12.0. The second kappa shape index (κ2) is 11.8. The number of carbonyl (C=O) groups is 7. The quantitative estimate of drug-likeness (QED) is 0.180. The van der Waals surface area contributed by atoms with Crippen molar-refractivity contribution in [3.05, 3.63) is 24.3 Å². The lowest BCUT2D eigenvalue weighted by Crippen LogP contribution is -2.54. The van der Waals surface area contributed by atoms with Crippen LogP contribution in [-0.4, -0.2) is 114 Å². The van der Waals surface area contributed by atoms with Gasteiger partial charge in [0.2, 0.25) is 11.8 Å². The molecule has 0 saturated carbocycles. The predicted molar refractivity (Wildman–Crippen MR) is 115 cm³/mol. The summed E-state index contributed by atoms with van der Waals surface area (Å²) in [5.74, 6) is -3.70. The average Bonchev–Trinajstić information content (AvgIpc) is 3.24. The number of imide groups is 2. The van der Waals surface area contributed by atoms with Crippen molar-refractivity contribution in [2.45, 2.75) is 12.8 Å². The summed E-state index contributed by atoms with van der Waals surface area (Å²) in [7, 11) is 1.67. The number of carboxylic acid groups (broad SMARTS) is 1.